The van der Waals surface area contributed by atoms with Crippen molar-refractivity contribution >= 4 is 11.8 Å². The molecule has 5 nitrogen and oxygen atoms in total. The number of fused-ring (bicyclic) bond motifs is 1. The van der Waals surface area contributed by atoms with Crippen LogP contribution >= 0.6 is 0 Å². The van der Waals surface area contributed by atoms with Gasteiger partial charge in [-0.25, -0.2) is 0 Å². The van der Waals surface area contributed by atoms with Gasteiger partial charge in [-0.1, -0.05) is 31.0 Å². The Balaban J connectivity index is 1.40. The average molecular weight is 316 g/mol. The van der Waals surface area contributed by atoms with Crippen molar-refractivity contribution in [3.05, 3.63) is 35.4 Å². The van der Waals surface area contributed by atoms with Crippen molar-refractivity contribution in [3.63, 3.8) is 0 Å². The quantitative estimate of drug-likeness (QED) is 0.787. The zero-order valence-electron chi connectivity index (χ0n) is 13.3. The minimum Gasteiger partial charge on any atom is -0.378 e. The normalized spacial score (nSPS) is 20.9. The predicted molar refractivity (Wildman–Crippen MR) is 87.2 cm³/mol. The van der Waals surface area contributed by atoms with E-state index in [0.717, 1.165) is 12.0 Å². The third-order valence-corrected chi connectivity index (χ3v) is 4.58. The number of ether oxygens (including phenoxy) is 1. The molecule has 1 aliphatic carbocycles. The Morgan fingerprint density at radius 1 is 1.26 bits per heavy atom. The molecule has 5 heteroatoms. The molecule has 3 rings (SSSR count). The first-order valence-corrected chi connectivity index (χ1v) is 8.52. The molecule has 0 radical (unpaired) electrons. The molecule has 0 unspecified atom stereocenters. The third kappa shape index (κ3) is 4.10. The topological polar surface area (TPSA) is 67.4 Å². The van der Waals surface area contributed by atoms with E-state index in [1.807, 2.05) is 18.2 Å². The van der Waals surface area contributed by atoms with Gasteiger partial charge in [-0.15, -0.1) is 0 Å². The molecule has 0 spiro atoms. The molecule has 2 aliphatic rings. The van der Waals surface area contributed by atoms with Crippen LogP contribution in [0, 0.1) is 0 Å². The lowest BCUT2D eigenvalue weighted by atomic mass is 9.95. The molecule has 1 aliphatic heterocycles. The van der Waals surface area contributed by atoms with Crippen molar-refractivity contribution in [2.45, 2.75) is 50.7 Å². The summed E-state index contributed by atoms with van der Waals surface area (Å²) in [7, 11) is 0. The first-order chi connectivity index (χ1) is 11.2. The highest BCUT2D eigenvalue weighted by Gasteiger charge is 2.28. The highest BCUT2D eigenvalue weighted by Crippen LogP contribution is 2.20. The van der Waals surface area contributed by atoms with Crippen LogP contribution < -0.4 is 10.6 Å². The third-order valence-electron chi connectivity index (χ3n) is 4.58. The van der Waals surface area contributed by atoms with E-state index in [2.05, 4.69) is 10.6 Å². The summed E-state index contributed by atoms with van der Waals surface area (Å²) in [5.41, 5.74) is 1.60. The first kappa shape index (κ1) is 16.0. The number of hydrogen-bond donors (Lipinski definition) is 2. The SMILES string of the molecule is O=C1N[C@H](C(=O)NCCCOC2CCCC2)Cc2ccccc21. The molecule has 0 aromatic heterocycles. The van der Waals surface area contributed by atoms with Crippen LogP contribution in [0.15, 0.2) is 24.3 Å². The second-order valence-electron chi connectivity index (χ2n) is 6.31. The Labute approximate surface area is 136 Å². The Kier molecular flexibility index (Phi) is 5.28. The minimum absolute atomic E-state index is 0.117. The van der Waals surface area contributed by atoms with Crippen molar-refractivity contribution in [2.75, 3.05) is 13.2 Å². The van der Waals surface area contributed by atoms with Gasteiger partial charge in [0, 0.05) is 25.1 Å². The maximum absolute atomic E-state index is 12.2. The zero-order chi connectivity index (χ0) is 16.1. The lowest BCUT2D eigenvalue weighted by Gasteiger charge is -2.24. The number of carbonyl (C=O) groups excluding carboxylic acids is 2. The maximum atomic E-state index is 12.2. The van der Waals surface area contributed by atoms with E-state index < -0.39 is 6.04 Å². The fourth-order valence-electron chi connectivity index (χ4n) is 3.30. The highest BCUT2D eigenvalue weighted by atomic mass is 16.5. The summed E-state index contributed by atoms with van der Waals surface area (Å²) in [5.74, 6) is -0.287. The zero-order valence-corrected chi connectivity index (χ0v) is 13.3. The summed E-state index contributed by atoms with van der Waals surface area (Å²) in [6.45, 7) is 1.27. The summed E-state index contributed by atoms with van der Waals surface area (Å²) in [5, 5.41) is 5.67. The van der Waals surface area contributed by atoms with E-state index in [4.69, 9.17) is 4.74 Å². The fourth-order valence-corrected chi connectivity index (χ4v) is 3.30. The van der Waals surface area contributed by atoms with Crippen molar-refractivity contribution in [1.82, 2.24) is 10.6 Å². The van der Waals surface area contributed by atoms with E-state index >= 15 is 0 Å². The van der Waals surface area contributed by atoms with E-state index in [1.54, 1.807) is 6.07 Å². The summed E-state index contributed by atoms with van der Waals surface area (Å²) >= 11 is 0. The molecule has 2 amide bonds. The van der Waals surface area contributed by atoms with Gasteiger partial charge in [-0.3, -0.25) is 9.59 Å². The molecular weight excluding hydrogens is 292 g/mol. The summed E-state index contributed by atoms with van der Waals surface area (Å²) in [4.78, 5) is 24.2. The van der Waals surface area contributed by atoms with E-state index in [0.29, 0.717) is 31.2 Å². The highest BCUT2D eigenvalue weighted by molar-refractivity contribution is 6.00. The Morgan fingerprint density at radius 3 is 2.87 bits per heavy atom. The number of amides is 2. The molecule has 1 atom stereocenters. The summed E-state index contributed by atoms with van der Waals surface area (Å²) in [6.07, 6.45) is 6.64. The fraction of sp³-hybridized carbons (Fsp3) is 0.556. The molecule has 1 aromatic rings. The average Bonchev–Trinajstić information content (AvgIpc) is 3.07. The van der Waals surface area contributed by atoms with Gasteiger partial charge in [0.25, 0.3) is 5.91 Å². The van der Waals surface area contributed by atoms with Gasteiger partial charge < -0.3 is 15.4 Å². The van der Waals surface area contributed by atoms with Gasteiger partial charge in [-0.2, -0.15) is 0 Å². The lowest BCUT2D eigenvalue weighted by molar-refractivity contribution is -0.123. The van der Waals surface area contributed by atoms with Crippen LogP contribution in [-0.2, 0) is 16.0 Å². The van der Waals surface area contributed by atoms with Gasteiger partial charge in [0.2, 0.25) is 5.91 Å². The molecule has 1 fully saturated rings. The number of nitrogens with one attached hydrogen (secondary N) is 2. The molecule has 1 aromatic carbocycles. The molecule has 1 heterocycles. The predicted octanol–water partition coefficient (Wildman–Crippen LogP) is 1.81. The van der Waals surface area contributed by atoms with Gasteiger partial charge in [0.05, 0.1) is 6.10 Å². The molecule has 124 valence electrons. The van der Waals surface area contributed by atoms with Crippen LogP contribution in [0.3, 0.4) is 0 Å². The van der Waals surface area contributed by atoms with E-state index in [1.165, 1.54) is 25.7 Å². The summed E-state index contributed by atoms with van der Waals surface area (Å²) in [6, 6.07) is 6.95. The van der Waals surface area contributed by atoms with Gasteiger partial charge >= 0.3 is 0 Å². The van der Waals surface area contributed by atoms with Crippen LogP contribution in [0.5, 0.6) is 0 Å². The summed E-state index contributed by atoms with van der Waals surface area (Å²) < 4.78 is 5.77. The smallest absolute Gasteiger partial charge is 0.252 e. The van der Waals surface area contributed by atoms with Crippen LogP contribution in [0.25, 0.3) is 0 Å². The first-order valence-electron chi connectivity index (χ1n) is 8.52. The van der Waals surface area contributed by atoms with Gasteiger partial charge in [0.1, 0.15) is 6.04 Å². The maximum Gasteiger partial charge on any atom is 0.252 e. The second kappa shape index (κ2) is 7.59. The Hall–Kier alpha value is -1.88. The monoisotopic (exact) mass is 316 g/mol. The lowest BCUT2D eigenvalue weighted by Crippen LogP contribution is -2.51. The van der Waals surface area contributed by atoms with Gasteiger partial charge in [0.15, 0.2) is 0 Å². The second-order valence-corrected chi connectivity index (χ2v) is 6.31. The van der Waals surface area contributed by atoms with Crippen molar-refractivity contribution in [1.29, 1.82) is 0 Å². The minimum atomic E-state index is -0.479. The molecule has 23 heavy (non-hydrogen) atoms. The van der Waals surface area contributed by atoms with Crippen molar-refractivity contribution < 1.29 is 14.3 Å². The van der Waals surface area contributed by atoms with Crippen LogP contribution in [0.2, 0.25) is 0 Å². The largest absolute Gasteiger partial charge is 0.378 e. The van der Waals surface area contributed by atoms with E-state index in [9.17, 15) is 9.59 Å². The molecule has 0 bridgehead atoms. The van der Waals surface area contributed by atoms with Crippen LogP contribution in [0.4, 0.5) is 0 Å². The molecule has 0 saturated heterocycles. The number of hydrogen-bond acceptors (Lipinski definition) is 3. The molecular formula is C18H24N2O3. The van der Waals surface area contributed by atoms with E-state index in [-0.39, 0.29) is 11.8 Å². The Bertz CT molecular complexity index is 567. The Morgan fingerprint density at radius 2 is 2.04 bits per heavy atom. The number of rotatable bonds is 6. The van der Waals surface area contributed by atoms with Crippen LogP contribution in [-0.4, -0.2) is 37.1 Å². The molecule has 1 saturated carbocycles. The van der Waals surface area contributed by atoms with Crippen LogP contribution in [0.1, 0.15) is 48.0 Å². The standard InChI is InChI=1S/C18H24N2O3/c21-17-15-9-4-1-6-13(15)12-16(20-17)18(22)19-10-5-11-23-14-7-2-3-8-14/h1,4,6,9,14,16H,2-3,5,7-8,10-12H2,(H,19,22)(H,20,21)/t16-/m0/s1. The molecule has 2 N–H and O–H groups in total. The number of benzene rings is 1. The van der Waals surface area contributed by atoms with Crippen molar-refractivity contribution in [3.8, 4) is 0 Å². The van der Waals surface area contributed by atoms with Gasteiger partial charge in [-0.05, 0) is 30.9 Å². The van der Waals surface area contributed by atoms with Crippen molar-refractivity contribution in [2.24, 2.45) is 0 Å². The number of carbonyl (C=O) groups is 2.